The van der Waals surface area contributed by atoms with E-state index < -0.39 is 10.0 Å². The van der Waals surface area contributed by atoms with Crippen LogP contribution in [0.3, 0.4) is 0 Å². The molecule has 1 N–H and O–H groups in total. The van der Waals surface area contributed by atoms with Crippen LogP contribution in [0.1, 0.15) is 36.7 Å². The van der Waals surface area contributed by atoms with Gasteiger partial charge >= 0.3 is 0 Å². The number of aromatic nitrogens is 2. The molecule has 0 radical (unpaired) electrons. The van der Waals surface area contributed by atoms with Crippen LogP contribution in [0, 0.1) is 0 Å². The van der Waals surface area contributed by atoms with Gasteiger partial charge in [0, 0.05) is 25.2 Å². The molecule has 1 saturated heterocycles. The normalized spacial score (nSPS) is 15.8. The molecule has 0 unspecified atom stereocenters. The first-order chi connectivity index (χ1) is 15.0. The van der Waals surface area contributed by atoms with Crippen molar-refractivity contribution in [2.24, 2.45) is 0 Å². The van der Waals surface area contributed by atoms with Crippen molar-refractivity contribution < 1.29 is 17.6 Å². The maximum atomic E-state index is 13.1. The van der Waals surface area contributed by atoms with Crippen LogP contribution in [0.15, 0.2) is 59.2 Å². The molecule has 1 amide bonds. The minimum atomic E-state index is -3.21. The molecule has 164 valence electrons. The fourth-order valence-corrected chi connectivity index (χ4v) is 5.32. The van der Waals surface area contributed by atoms with Crippen molar-refractivity contribution >= 4 is 15.9 Å². The largest absolute Gasteiger partial charge is 0.463 e. The summed E-state index contributed by atoms with van der Waals surface area (Å²) in [7, 11) is -3.21. The van der Waals surface area contributed by atoms with E-state index in [2.05, 4.69) is 10.4 Å². The number of amides is 1. The van der Waals surface area contributed by atoms with Crippen LogP contribution in [-0.4, -0.2) is 53.3 Å². The minimum Gasteiger partial charge on any atom is -0.463 e. The van der Waals surface area contributed by atoms with Gasteiger partial charge in [-0.05, 0) is 43.5 Å². The average molecular weight is 443 g/mol. The highest BCUT2D eigenvalue weighted by molar-refractivity contribution is 7.89. The summed E-state index contributed by atoms with van der Waals surface area (Å²) in [5, 5.41) is 7.63. The number of hydrogen-bond acceptors (Lipinski definition) is 5. The molecule has 1 aliphatic heterocycles. The topological polar surface area (TPSA) is 97.4 Å². The first kappa shape index (κ1) is 21.3. The standard InChI is InChI=1S/C22H26N4O4S/c1-2-15-31(28,29)25-12-10-17(11-13-25)23-22(27)20-16-19(21-9-6-14-30-21)24-26(20)18-7-4-3-5-8-18/h3-9,14,16-17H,2,10-13,15H2,1H3,(H,23,27). The zero-order valence-corrected chi connectivity index (χ0v) is 18.2. The van der Waals surface area contributed by atoms with E-state index >= 15 is 0 Å². The number of rotatable bonds is 7. The zero-order chi connectivity index (χ0) is 21.8. The van der Waals surface area contributed by atoms with Gasteiger partial charge < -0.3 is 9.73 Å². The van der Waals surface area contributed by atoms with E-state index in [0.29, 0.717) is 49.5 Å². The van der Waals surface area contributed by atoms with Crippen LogP contribution in [0.2, 0.25) is 0 Å². The molecule has 8 nitrogen and oxygen atoms in total. The van der Waals surface area contributed by atoms with Gasteiger partial charge in [-0.1, -0.05) is 25.1 Å². The fraction of sp³-hybridized carbons (Fsp3) is 0.364. The quantitative estimate of drug-likeness (QED) is 0.606. The number of nitrogens with zero attached hydrogens (tertiary/aromatic N) is 3. The van der Waals surface area contributed by atoms with Crippen molar-refractivity contribution in [2.75, 3.05) is 18.8 Å². The lowest BCUT2D eigenvalue weighted by Gasteiger charge is -2.31. The highest BCUT2D eigenvalue weighted by atomic mass is 32.2. The van der Waals surface area contributed by atoms with Crippen molar-refractivity contribution in [1.29, 1.82) is 0 Å². The Morgan fingerprint density at radius 1 is 1.16 bits per heavy atom. The van der Waals surface area contributed by atoms with E-state index in [1.165, 1.54) is 4.31 Å². The van der Waals surface area contributed by atoms with E-state index in [1.807, 2.05) is 37.3 Å². The molecule has 3 heterocycles. The second-order valence-electron chi connectivity index (χ2n) is 7.60. The summed E-state index contributed by atoms with van der Waals surface area (Å²) < 4.78 is 33.1. The lowest BCUT2D eigenvalue weighted by molar-refractivity contribution is 0.0916. The molecular weight excluding hydrogens is 416 g/mol. The summed E-state index contributed by atoms with van der Waals surface area (Å²) in [5.74, 6) is 0.498. The van der Waals surface area contributed by atoms with E-state index in [9.17, 15) is 13.2 Å². The molecule has 1 fully saturated rings. The van der Waals surface area contributed by atoms with E-state index in [1.54, 1.807) is 29.1 Å². The highest BCUT2D eigenvalue weighted by Gasteiger charge is 2.29. The monoisotopic (exact) mass is 442 g/mol. The Hall–Kier alpha value is -2.91. The molecule has 0 saturated carbocycles. The number of nitrogens with one attached hydrogen (secondary N) is 1. The Morgan fingerprint density at radius 2 is 1.90 bits per heavy atom. The van der Waals surface area contributed by atoms with Crippen LogP contribution < -0.4 is 5.32 Å². The summed E-state index contributed by atoms with van der Waals surface area (Å²) in [6.45, 7) is 2.70. The Kier molecular flexibility index (Phi) is 6.24. The molecule has 1 aromatic carbocycles. The first-order valence-corrected chi connectivity index (χ1v) is 12.1. The number of carbonyl (C=O) groups is 1. The molecule has 9 heteroatoms. The summed E-state index contributed by atoms with van der Waals surface area (Å²) in [4.78, 5) is 13.1. The Labute approximate surface area is 181 Å². The van der Waals surface area contributed by atoms with E-state index in [-0.39, 0.29) is 17.7 Å². The molecule has 3 aromatic rings. The Bertz CT molecular complexity index is 1120. The van der Waals surface area contributed by atoms with Crippen molar-refractivity contribution in [3.05, 3.63) is 60.5 Å². The number of hydrogen-bond donors (Lipinski definition) is 1. The third-order valence-corrected chi connectivity index (χ3v) is 7.44. The summed E-state index contributed by atoms with van der Waals surface area (Å²) in [6.07, 6.45) is 3.33. The molecule has 0 bridgehead atoms. The fourth-order valence-electron chi connectivity index (χ4n) is 3.78. The highest BCUT2D eigenvalue weighted by Crippen LogP contribution is 2.23. The van der Waals surface area contributed by atoms with Gasteiger partial charge in [0.2, 0.25) is 10.0 Å². The maximum Gasteiger partial charge on any atom is 0.270 e. The number of sulfonamides is 1. The third-order valence-electron chi connectivity index (χ3n) is 5.36. The number of carbonyl (C=O) groups excluding carboxylic acids is 1. The predicted molar refractivity (Wildman–Crippen MR) is 117 cm³/mol. The number of furan rings is 1. The SMILES string of the molecule is CCCS(=O)(=O)N1CCC(NC(=O)c2cc(-c3ccco3)nn2-c2ccccc2)CC1. The zero-order valence-electron chi connectivity index (χ0n) is 17.4. The van der Waals surface area contributed by atoms with Gasteiger partial charge in [0.15, 0.2) is 5.76 Å². The Balaban J connectivity index is 1.51. The lowest BCUT2D eigenvalue weighted by Crippen LogP contribution is -2.47. The average Bonchev–Trinajstić information content (AvgIpc) is 3.45. The van der Waals surface area contributed by atoms with Crippen LogP contribution in [-0.2, 0) is 10.0 Å². The summed E-state index contributed by atoms with van der Waals surface area (Å²) in [5.41, 5.74) is 1.74. The van der Waals surface area contributed by atoms with Crippen molar-refractivity contribution in [3.63, 3.8) is 0 Å². The molecule has 0 spiro atoms. The number of benzene rings is 1. The van der Waals surface area contributed by atoms with Crippen LogP contribution in [0.5, 0.6) is 0 Å². The van der Waals surface area contributed by atoms with Crippen LogP contribution >= 0.6 is 0 Å². The second kappa shape index (κ2) is 9.07. The van der Waals surface area contributed by atoms with Gasteiger partial charge in [0.05, 0.1) is 17.7 Å². The van der Waals surface area contributed by atoms with Gasteiger partial charge in [0.25, 0.3) is 5.91 Å². The molecule has 1 aliphatic rings. The van der Waals surface area contributed by atoms with Gasteiger partial charge in [-0.2, -0.15) is 5.10 Å². The number of para-hydroxylation sites is 1. The summed E-state index contributed by atoms with van der Waals surface area (Å²) in [6, 6.07) is 14.6. The first-order valence-electron chi connectivity index (χ1n) is 10.5. The predicted octanol–water partition coefficient (Wildman–Crippen LogP) is 3.07. The molecule has 4 rings (SSSR count). The van der Waals surface area contributed by atoms with Crippen molar-refractivity contribution in [2.45, 2.75) is 32.2 Å². The van der Waals surface area contributed by atoms with Crippen LogP contribution in [0.25, 0.3) is 17.1 Å². The molecule has 2 aromatic heterocycles. The molecule has 0 aliphatic carbocycles. The maximum absolute atomic E-state index is 13.1. The smallest absolute Gasteiger partial charge is 0.270 e. The molecular formula is C22H26N4O4S. The second-order valence-corrected chi connectivity index (χ2v) is 9.69. The van der Waals surface area contributed by atoms with Crippen molar-refractivity contribution in [3.8, 4) is 17.1 Å². The Morgan fingerprint density at radius 3 is 2.55 bits per heavy atom. The van der Waals surface area contributed by atoms with Crippen molar-refractivity contribution in [1.82, 2.24) is 19.4 Å². The lowest BCUT2D eigenvalue weighted by atomic mass is 10.1. The van der Waals surface area contributed by atoms with Gasteiger partial charge in [-0.15, -0.1) is 0 Å². The minimum absolute atomic E-state index is 0.0910. The number of piperidine rings is 1. The molecule has 0 atom stereocenters. The third kappa shape index (κ3) is 4.72. The van der Waals surface area contributed by atoms with Gasteiger partial charge in [-0.3, -0.25) is 4.79 Å². The van der Waals surface area contributed by atoms with Crippen LogP contribution in [0.4, 0.5) is 0 Å². The summed E-state index contributed by atoms with van der Waals surface area (Å²) >= 11 is 0. The van der Waals surface area contributed by atoms with E-state index in [0.717, 1.165) is 5.69 Å². The molecule has 31 heavy (non-hydrogen) atoms. The van der Waals surface area contributed by atoms with E-state index in [4.69, 9.17) is 4.42 Å². The van der Waals surface area contributed by atoms with Gasteiger partial charge in [-0.25, -0.2) is 17.4 Å². The van der Waals surface area contributed by atoms with Gasteiger partial charge in [0.1, 0.15) is 11.4 Å².